The SMILES string of the molecule is CCCNC(N)=O.CNC(C(=O)NCC(N)=O)C(C)C. The summed E-state index contributed by atoms with van der Waals surface area (Å²) in [5, 5.41) is 7.73. The highest BCUT2D eigenvalue weighted by molar-refractivity contribution is 5.86. The van der Waals surface area contributed by atoms with Crippen molar-refractivity contribution in [2.75, 3.05) is 20.1 Å². The molecule has 0 aromatic carbocycles. The second kappa shape index (κ2) is 12.2. The van der Waals surface area contributed by atoms with Gasteiger partial charge < -0.3 is 27.4 Å². The van der Waals surface area contributed by atoms with Gasteiger partial charge in [-0.3, -0.25) is 9.59 Å². The van der Waals surface area contributed by atoms with E-state index in [1.165, 1.54) is 0 Å². The van der Waals surface area contributed by atoms with Gasteiger partial charge in [-0.1, -0.05) is 20.8 Å². The number of amides is 4. The van der Waals surface area contributed by atoms with E-state index in [9.17, 15) is 14.4 Å². The summed E-state index contributed by atoms with van der Waals surface area (Å²) in [6.45, 7) is 6.38. The van der Waals surface area contributed by atoms with Crippen LogP contribution < -0.4 is 27.4 Å². The maximum Gasteiger partial charge on any atom is 0.312 e. The van der Waals surface area contributed by atoms with Gasteiger partial charge in [0.15, 0.2) is 0 Å². The number of nitrogens with two attached hydrogens (primary N) is 2. The van der Waals surface area contributed by atoms with Gasteiger partial charge >= 0.3 is 6.03 Å². The fourth-order valence-electron chi connectivity index (χ4n) is 1.30. The zero-order valence-corrected chi connectivity index (χ0v) is 12.7. The highest BCUT2D eigenvalue weighted by Crippen LogP contribution is 1.99. The average Bonchev–Trinajstić information content (AvgIpc) is 2.35. The molecule has 1 unspecified atom stereocenters. The Morgan fingerprint density at radius 3 is 1.90 bits per heavy atom. The maximum atomic E-state index is 11.3. The number of hydrogen-bond donors (Lipinski definition) is 5. The molecule has 0 aliphatic heterocycles. The fraction of sp³-hybridized carbons (Fsp3) is 0.750. The van der Waals surface area contributed by atoms with Crippen LogP contribution in [0.5, 0.6) is 0 Å². The van der Waals surface area contributed by atoms with E-state index < -0.39 is 11.9 Å². The molecule has 118 valence electrons. The predicted octanol–water partition coefficient (Wildman–Crippen LogP) is -1.10. The molecule has 0 spiro atoms. The average molecular weight is 289 g/mol. The molecule has 7 N–H and O–H groups in total. The Labute approximate surface area is 120 Å². The largest absolute Gasteiger partial charge is 0.368 e. The van der Waals surface area contributed by atoms with E-state index in [0.29, 0.717) is 6.54 Å². The third-order valence-electron chi connectivity index (χ3n) is 2.25. The van der Waals surface area contributed by atoms with E-state index in [-0.39, 0.29) is 24.4 Å². The quantitative estimate of drug-likeness (QED) is 0.405. The van der Waals surface area contributed by atoms with E-state index in [4.69, 9.17) is 11.5 Å². The van der Waals surface area contributed by atoms with Crippen molar-refractivity contribution in [3.63, 3.8) is 0 Å². The van der Waals surface area contributed by atoms with Crippen LogP contribution in [0.15, 0.2) is 0 Å². The second-order valence-corrected chi connectivity index (χ2v) is 4.49. The minimum absolute atomic E-state index is 0.107. The van der Waals surface area contributed by atoms with Crippen LogP contribution in [0.4, 0.5) is 4.79 Å². The molecule has 0 aliphatic rings. The zero-order valence-electron chi connectivity index (χ0n) is 12.7. The van der Waals surface area contributed by atoms with Crippen molar-refractivity contribution in [1.29, 1.82) is 0 Å². The van der Waals surface area contributed by atoms with E-state index in [0.717, 1.165) is 6.42 Å². The van der Waals surface area contributed by atoms with Crippen LogP contribution in [0.3, 0.4) is 0 Å². The van der Waals surface area contributed by atoms with Crippen LogP contribution >= 0.6 is 0 Å². The molecule has 0 heterocycles. The fourth-order valence-corrected chi connectivity index (χ4v) is 1.30. The molecule has 0 fully saturated rings. The van der Waals surface area contributed by atoms with Crippen molar-refractivity contribution >= 4 is 17.8 Å². The highest BCUT2D eigenvalue weighted by atomic mass is 16.2. The lowest BCUT2D eigenvalue weighted by atomic mass is 10.0. The van der Waals surface area contributed by atoms with Crippen molar-refractivity contribution in [2.45, 2.75) is 33.2 Å². The van der Waals surface area contributed by atoms with E-state index in [1.54, 1.807) is 7.05 Å². The van der Waals surface area contributed by atoms with E-state index in [2.05, 4.69) is 16.0 Å². The van der Waals surface area contributed by atoms with Crippen LogP contribution in [0.2, 0.25) is 0 Å². The van der Waals surface area contributed by atoms with Gasteiger partial charge in [0.2, 0.25) is 11.8 Å². The first-order valence-corrected chi connectivity index (χ1v) is 6.52. The summed E-state index contributed by atoms with van der Waals surface area (Å²) in [5.74, 6) is -0.555. The number of carbonyl (C=O) groups excluding carboxylic acids is 3. The van der Waals surface area contributed by atoms with Gasteiger partial charge in [-0.05, 0) is 19.4 Å². The van der Waals surface area contributed by atoms with Gasteiger partial charge in [-0.25, -0.2) is 4.79 Å². The molecule has 8 nitrogen and oxygen atoms in total. The molecule has 20 heavy (non-hydrogen) atoms. The maximum absolute atomic E-state index is 11.3. The first-order chi connectivity index (χ1) is 9.26. The number of rotatable bonds is 7. The molecule has 8 heteroatoms. The summed E-state index contributed by atoms with van der Waals surface area (Å²) in [4.78, 5) is 31.6. The first kappa shape index (κ1) is 20.5. The van der Waals surface area contributed by atoms with Gasteiger partial charge in [-0.15, -0.1) is 0 Å². The molecule has 0 radical (unpaired) electrons. The topological polar surface area (TPSA) is 139 Å². The lowest BCUT2D eigenvalue weighted by Gasteiger charge is -2.18. The molecule has 0 rings (SSSR count). The minimum Gasteiger partial charge on any atom is -0.368 e. The minimum atomic E-state index is -0.535. The van der Waals surface area contributed by atoms with E-state index in [1.807, 2.05) is 20.8 Å². The zero-order chi connectivity index (χ0) is 16.1. The van der Waals surface area contributed by atoms with Gasteiger partial charge in [0.25, 0.3) is 0 Å². The molecule has 0 aliphatic carbocycles. The lowest BCUT2D eigenvalue weighted by Crippen LogP contribution is -2.47. The summed E-state index contributed by atoms with van der Waals surface area (Å²) in [7, 11) is 1.70. The summed E-state index contributed by atoms with van der Waals surface area (Å²) < 4.78 is 0. The third kappa shape index (κ3) is 12.6. The third-order valence-corrected chi connectivity index (χ3v) is 2.25. The predicted molar refractivity (Wildman–Crippen MR) is 77.8 cm³/mol. The Hall–Kier alpha value is -1.83. The highest BCUT2D eigenvalue weighted by Gasteiger charge is 2.19. The van der Waals surface area contributed by atoms with Crippen molar-refractivity contribution in [1.82, 2.24) is 16.0 Å². The molecule has 0 aromatic heterocycles. The Kier molecular flexibility index (Phi) is 12.5. The Morgan fingerprint density at radius 2 is 1.65 bits per heavy atom. The van der Waals surface area contributed by atoms with Crippen molar-refractivity contribution in [3.8, 4) is 0 Å². The molecule has 4 amide bonds. The van der Waals surface area contributed by atoms with Crippen LogP contribution in [-0.2, 0) is 9.59 Å². The van der Waals surface area contributed by atoms with Gasteiger partial charge in [0.05, 0.1) is 12.6 Å². The Morgan fingerprint density at radius 1 is 1.10 bits per heavy atom. The van der Waals surface area contributed by atoms with Crippen LogP contribution in [0.1, 0.15) is 27.2 Å². The van der Waals surface area contributed by atoms with Crippen LogP contribution in [0.25, 0.3) is 0 Å². The van der Waals surface area contributed by atoms with Crippen molar-refractivity contribution in [3.05, 3.63) is 0 Å². The molecule has 0 saturated heterocycles. The van der Waals surface area contributed by atoms with Gasteiger partial charge in [-0.2, -0.15) is 0 Å². The number of likely N-dealkylation sites (N-methyl/N-ethyl adjacent to an activating group) is 1. The summed E-state index contributed by atoms with van der Waals surface area (Å²) >= 11 is 0. The Bertz CT molecular complexity index is 307. The van der Waals surface area contributed by atoms with Gasteiger partial charge in [0, 0.05) is 6.54 Å². The smallest absolute Gasteiger partial charge is 0.312 e. The molecule has 0 aromatic rings. The number of urea groups is 1. The van der Waals surface area contributed by atoms with Gasteiger partial charge in [0.1, 0.15) is 0 Å². The van der Waals surface area contributed by atoms with Crippen molar-refractivity contribution in [2.24, 2.45) is 17.4 Å². The molecular formula is C12H27N5O3. The number of nitrogens with one attached hydrogen (secondary N) is 3. The van der Waals surface area contributed by atoms with Crippen LogP contribution in [0, 0.1) is 5.92 Å². The molecule has 0 saturated carbocycles. The molecule has 0 bridgehead atoms. The monoisotopic (exact) mass is 289 g/mol. The number of carbonyl (C=O) groups is 3. The summed E-state index contributed by atoms with van der Waals surface area (Å²) in [5.41, 5.74) is 9.61. The summed E-state index contributed by atoms with van der Waals surface area (Å²) in [6.07, 6.45) is 0.933. The standard InChI is InChI=1S/C8H17N3O2.C4H10N2O/c1-5(2)7(10-3)8(13)11-4-6(9)12;1-2-3-6-4(5)7/h5,7,10H,4H2,1-3H3,(H2,9,12)(H,11,13);2-3H2,1H3,(H3,5,6,7). The normalized spacial score (nSPS) is 11.1. The summed E-state index contributed by atoms with van der Waals surface area (Å²) in [6, 6.07) is -0.721. The number of hydrogen-bond acceptors (Lipinski definition) is 4. The molecular weight excluding hydrogens is 262 g/mol. The Balaban J connectivity index is 0. The van der Waals surface area contributed by atoms with E-state index >= 15 is 0 Å². The van der Waals surface area contributed by atoms with Crippen molar-refractivity contribution < 1.29 is 14.4 Å². The first-order valence-electron chi connectivity index (χ1n) is 6.52. The molecule has 1 atom stereocenters. The second-order valence-electron chi connectivity index (χ2n) is 4.49. The number of primary amides is 2. The van der Waals surface area contributed by atoms with Crippen LogP contribution in [-0.4, -0.2) is 44.0 Å². The lowest BCUT2D eigenvalue weighted by molar-refractivity contribution is -0.126.